The van der Waals surface area contributed by atoms with E-state index in [9.17, 15) is 77.3 Å². The fourth-order valence-corrected chi connectivity index (χ4v) is 11.7. The van der Waals surface area contributed by atoms with Gasteiger partial charge in [0.05, 0.1) is 30.3 Å². The SMILES string of the molecule is CC[C@H](C)[C@H](N)C1=N[C@H](C(=O)N[C@@H](CC(C)C)C(=O)NC(C(=O)O)C(=O)N[C@H](C(=O)N[C@H]2CCCCNC(=O)[C@H](CC(N)=O)NC(=O)[C@@H](CC(=O)O)NC(=O)[C@H](Cc3cnc[nH]3)NC(=O)[C@@H](Cc3ccccc3)NC(=O)[C@H]([C@@H](C)CC)NC(=O)[C@@H](CCCN)NC2=O)[C@@H](C)CC)CS1. The average Bonchev–Trinajstić information content (AvgIpc) is 1.19. The summed E-state index contributed by atoms with van der Waals surface area (Å²) in [4.78, 5) is 206. The molecule has 1 aromatic heterocycles. The van der Waals surface area contributed by atoms with Gasteiger partial charge in [-0.3, -0.25) is 67.3 Å². The number of carbonyl (C=O) groups excluding carboxylic acids is 12. The number of carboxylic acids is 2. The summed E-state index contributed by atoms with van der Waals surface area (Å²) < 4.78 is 0. The van der Waals surface area contributed by atoms with Crippen LogP contribution in [0.25, 0.3) is 0 Å². The fourth-order valence-electron chi connectivity index (χ4n) is 10.5. The molecule has 0 saturated carbocycles. The molecule has 12 amide bonds. The van der Waals surface area contributed by atoms with Crippen molar-refractivity contribution in [3.63, 3.8) is 0 Å². The third kappa shape index (κ3) is 26.1. The van der Waals surface area contributed by atoms with Crippen LogP contribution in [0.2, 0.25) is 0 Å². The number of imidazole rings is 1. The van der Waals surface area contributed by atoms with E-state index in [0.717, 1.165) is 6.42 Å². The summed E-state index contributed by atoms with van der Waals surface area (Å²) in [6.45, 7) is 13.8. The third-order valence-corrected chi connectivity index (χ3v) is 18.2. The van der Waals surface area contributed by atoms with Crippen molar-refractivity contribution in [2.45, 2.75) is 211 Å². The molecule has 4 rings (SSSR count). The maximum Gasteiger partial charge on any atom is 0.336 e. The van der Waals surface area contributed by atoms with Gasteiger partial charge in [0, 0.05) is 37.0 Å². The van der Waals surface area contributed by atoms with Crippen molar-refractivity contribution in [3.05, 3.63) is 54.1 Å². The first-order valence-corrected chi connectivity index (χ1v) is 34.1. The smallest absolute Gasteiger partial charge is 0.336 e. The standard InChI is InChI=1S/C64H99N17O16S/c1-9-33(6)48(67)63-78-45(30-98-63)59(92)73-40(24-32(4)5)58(91)81-51(64(96)97)62(95)80-50(35(8)11-3)60(93)72-38-20-15-16-23-69-52(85)43(27-46(66)82)75-57(90)44(28-47(83)84)76-56(89)42(26-37-29-68-31-70-37)74-55(88)41(25-36-18-13-12-14-19-36)77-61(94)49(34(7)10-2)79-54(87)39(21-17-22-65)71-53(38)86/h12-14,18-19,29,31-35,38-45,48-51H,9-11,15-17,20-28,30,65,67H2,1-8H3,(H2,66,82)(H,68,70)(H,69,85)(H,71,86)(H,72,93)(H,73,92)(H,74,88)(H,75,90)(H,76,89)(H,77,94)(H,79,87)(H,80,95)(H,81,91)(H,83,84)(H,96,97)/t33-,34-,35-,38-,39+,40-,41+,42-,43-,44+,45-,48-,49-,50-,51?/m0/s1. The van der Waals surface area contributed by atoms with Crippen LogP contribution in [0.5, 0.6) is 0 Å². The number of hydrogen-bond acceptors (Lipinski definition) is 19. The minimum Gasteiger partial charge on any atom is -0.481 e. The van der Waals surface area contributed by atoms with Crippen molar-refractivity contribution >= 4 is 99.6 Å². The Kier molecular flexibility index (Phi) is 33.7. The summed E-state index contributed by atoms with van der Waals surface area (Å²) in [7, 11) is 0. The zero-order valence-electron chi connectivity index (χ0n) is 56.7. The summed E-state index contributed by atoms with van der Waals surface area (Å²) in [5.74, 6) is -16.9. The first-order valence-electron chi connectivity index (χ1n) is 33.1. The molecule has 15 atom stereocenters. The average molecular weight is 1390 g/mol. The Labute approximate surface area is 573 Å². The maximum absolute atomic E-state index is 14.8. The Hall–Kier alpha value is -9.05. The van der Waals surface area contributed by atoms with E-state index >= 15 is 0 Å². The molecule has 542 valence electrons. The quantitative estimate of drug-likeness (QED) is 0.0376. The van der Waals surface area contributed by atoms with Crippen molar-refractivity contribution in [1.29, 1.82) is 0 Å². The lowest BCUT2D eigenvalue weighted by atomic mass is 9.96. The second kappa shape index (κ2) is 40.6. The molecule has 0 radical (unpaired) electrons. The van der Waals surface area contributed by atoms with E-state index in [1.54, 1.807) is 71.9 Å². The van der Waals surface area contributed by atoms with E-state index in [4.69, 9.17) is 17.2 Å². The summed E-state index contributed by atoms with van der Waals surface area (Å²) in [6.07, 6.45) is 1.16. The van der Waals surface area contributed by atoms with E-state index in [1.165, 1.54) is 24.3 Å². The number of H-pyrrole nitrogens is 1. The Morgan fingerprint density at radius 3 is 1.86 bits per heavy atom. The molecule has 34 heteroatoms. The van der Waals surface area contributed by atoms with Crippen molar-refractivity contribution in [2.75, 3.05) is 18.8 Å². The number of carboxylic acid groups (broad SMARTS) is 2. The van der Waals surface area contributed by atoms with Gasteiger partial charge in [-0.25, -0.2) is 9.78 Å². The van der Waals surface area contributed by atoms with Crippen molar-refractivity contribution in [3.8, 4) is 0 Å². The molecule has 33 nitrogen and oxygen atoms in total. The summed E-state index contributed by atoms with van der Waals surface area (Å²) >= 11 is 1.32. The number of carbonyl (C=O) groups is 14. The van der Waals surface area contributed by atoms with Crippen LogP contribution < -0.4 is 75.7 Å². The van der Waals surface area contributed by atoms with E-state index in [1.807, 2.05) is 13.8 Å². The lowest BCUT2D eigenvalue weighted by Gasteiger charge is -2.30. The maximum atomic E-state index is 14.8. The predicted molar refractivity (Wildman–Crippen MR) is 360 cm³/mol. The van der Waals surface area contributed by atoms with Gasteiger partial charge in [-0.2, -0.15) is 0 Å². The van der Waals surface area contributed by atoms with E-state index < -0.39 is 180 Å². The van der Waals surface area contributed by atoms with Gasteiger partial charge in [-0.15, -0.1) is 11.8 Å². The number of benzene rings is 1. The summed E-state index contributed by atoms with van der Waals surface area (Å²) in [6, 6.07) is -9.49. The van der Waals surface area contributed by atoms with Crippen molar-refractivity contribution in [1.82, 2.24) is 68.5 Å². The van der Waals surface area contributed by atoms with E-state index in [-0.39, 0.29) is 101 Å². The molecule has 2 aromatic rings. The largest absolute Gasteiger partial charge is 0.481 e. The number of primary amides is 1. The first kappa shape index (κ1) is 81.4. The van der Waals surface area contributed by atoms with E-state index in [0.29, 0.717) is 10.6 Å². The zero-order valence-corrected chi connectivity index (χ0v) is 57.6. The molecule has 0 spiro atoms. The molecule has 1 aromatic carbocycles. The Balaban J connectivity index is 1.75. The zero-order chi connectivity index (χ0) is 72.9. The molecule has 2 aliphatic rings. The summed E-state index contributed by atoms with van der Waals surface area (Å²) in [5, 5.41) is 48.7. The van der Waals surface area contributed by atoms with Crippen molar-refractivity contribution < 1.29 is 77.3 Å². The minimum absolute atomic E-state index is 0.00185. The predicted octanol–water partition coefficient (Wildman–Crippen LogP) is -2.46. The number of amides is 12. The van der Waals surface area contributed by atoms with Crippen LogP contribution in [0.3, 0.4) is 0 Å². The number of aromatic amines is 1. The highest BCUT2D eigenvalue weighted by Crippen LogP contribution is 2.25. The van der Waals surface area contributed by atoms with Gasteiger partial charge in [-0.05, 0) is 74.3 Å². The highest BCUT2D eigenvalue weighted by molar-refractivity contribution is 8.14. The highest BCUT2D eigenvalue weighted by atomic mass is 32.2. The third-order valence-electron chi connectivity index (χ3n) is 17.0. The van der Waals surface area contributed by atoms with Crippen LogP contribution in [0, 0.1) is 23.7 Å². The number of nitrogens with one attached hydrogen (secondary N) is 12. The molecule has 1 unspecified atom stereocenters. The van der Waals surface area contributed by atoms with E-state index in [2.05, 4.69) is 73.4 Å². The number of hydrogen-bond donors (Lipinski definition) is 17. The molecule has 2 aliphatic heterocycles. The van der Waals surface area contributed by atoms with Gasteiger partial charge in [0.2, 0.25) is 71.0 Å². The van der Waals surface area contributed by atoms with Crippen LogP contribution >= 0.6 is 11.8 Å². The molecule has 0 bridgehead atoms. The second-order valence-corrected chi connectivity index (χ2v) is 26.3. The lowest BCUT2D eigenvalue weighted by molar-refractivity contribution is -0.148. The normalized spacial score (nSPS) is 23.4. The fraction of sp³-hybridized carbons (Fsp3) is 0.625. The Bertz CT molecular complexity index is 3120. The molecule has 0 aliphatic carbocycles. The van der Waals surface area contributed by atoms with Gasteiger partial charge in [0.1, 0.15) is 60.4 Å². The number of aromatic nitrogens is 2. The monoisotopic (exact) mass is 1390 g/mol. The number of aliphatic imine (C=N–C) groups is 1. The van der Waals surface area contributed by atoms with Crippen LogP contribution in [0.4, 0.5) is 0 Å². The Morgan fingerprint density at radius 2 is 1.28 bits per heavy atom. The lowest BCUT2D eigenvalue weighted by Crippen LogP contribution is -2.62. The Morgan fingerprint density at radius 1 is 0.673 bits per heavy atom. The molecule has 20 N–H and O–H groups in total. The molecule has 98 heavy (non-hydrogen) atoms. The van der Waals surface area contributed by atoms with Crippen LogP contribution in [-0.2, 0) is 80.0 Å². The number of aliphatic carboxylic acids is 2. The molecule has 1 fully saturated rings. The molecule has 1 saturated heterocycles. The number of nitrogens with two attached hydrogens (primary N) is 3. The number of thioether (sulfide) groups is 1. The number of nitrogens with zero attached hydrogens (tertiary/aromatic N) is 2. The van der Waals surface area contributed by atoms with Crippen LogP contribution in [0.15, 0.2) is 47.8 Å². The van der Waals surface area contributed by atoms with Gasteiger partial charge in [0.15, 0.2) is 0 Å². The van der Waals surface area contributed by atoms with Crippen LogP contribution in [0.1, 0.15) is 137 Å². The highest BCUT2D eigenvalue weighted by Gasteiger charge is 2.41. The molecular weight excluding hydrogens is 1290 g/mol. The van der Waals surface area contributed by atoms with Gasteiger partial charge in [-0.1, -0.05) is 105 Å². The first-order chi connectivity index (χ1) is 46.4. The van der Waals surface area contributed by atoms with Crippen LogP contribution in [-0.4, -0.2) is 199 Å². The summed E-state index contributed by atoms with van der Waals surface area (Å²) in [5.41, 5.74) is 18.6. The number of rotatable bonds is 29. The molecule has 3 heterocycles. The second-order valence-electron chi connectivity index (χ2n) is 25.2. The van der Waals surface area contributed by atoms with Gasteiger partial charge in [0.25, 0.3) is 5.91 Å². The topological polar surface area (TPSA) is 531 Å². The van der Waals surface area contributed by atoms with Crippen molar-refractivity contribution in [2.24, 2.45) is 45.9 Å². The van der Waals surface area contributed by atoms with Gasteiger partial charge >= 0.3 is 11.9 Å². The minimum atomic E-state index is -2.33. The molecular formula is C64H99N17O16S. The van der Waals surface area contributed by atoms with Gasteiger partial charge < -0.3 is 90.9 Å².